The maximum Gasteiger partial charge on any atom is 0.163 e. The summed E-state index contributed by atoms with van der Waals surface area (Å²) in [6.07, 6.45) is 2.16. The lowest BCUT2D eigenvalue weighted by atomic mass is 10.2. The number of hydrogen-bond donors (Lipinski definition) is 2. The van der Waals surface area contributed by atoms with Crippen molar-refractivity contribution in [3.05, 3.63) is 0 Å². The second-order valence-corrected chi connectivity index (χ2v) is 2.82. The third-order valence-electron chi connectivity index (χ3n) is 2.27. The molecule has 0 amide bonds. The lowest BCUT2D eigenvalue weighted by Gasteiger charge is -2.16. The molecule has 2 heterocycles. The summed E-state index contributed by atoms with van der Waals surface area (Å²) in [7, 11) is 0. The third-order valence-corrected chi connectivity index (χ3v) is 2.27. The Morgan fingerprint density at radius 3 is 3.22 bits per heavy atom. The molecule has 52 valence electrons. The molecule has 0 saturated carbocycles. The number of rotatable bonds is 0. The first kappa shape index (κ1) is 5.65. The Bertz CT molecular complexity index is 118. The summed E-state index contributed by atoms with van der Waals surface area (Å²) in [6, 6.07) is 0.625. The van der Waals surface area contributed by atoms with Crippen molar-refractivity contribution in [2.75, 3.05) is 13.1 Å². The van der Waals surface area contributed by atoms with Crippen molar-refractivity contribution in [3.8, 4) is 0 Å². The van der Waals surface area contributed by atoms with Gasteiger partial charge in [0.15, 0.2) is 6.35 Å². The Hall–Kier alpha value is -0.120. The summed E-state index contributed by atoms with van der Waals surface area (Å²) in [5.41, 5.74) is 0. The van der Waals surface area contributed by atoms with Gasteiger partial charge in [0.2, 0.25) is 0 Å². The molecule has 2 aliphatic heterocycles. The molecule has 9 heavy (non-hydrogen) atoms. The summed E-state index contributed by atoms with van der Waals surface area (Å²) < 4.78 is 0. The molecule has 2 unspecified atom stereocenters. The standard InChI is InChI=1S/C6H12N2O/c9-6-7-4-5-2-1-3-8(5)6/h5-7,9H,1-4H2. The summed E-state index contributed by atoms with van der Waals surface area (Å²) in [4.78, 5) is 2.12. The molecule has 0 bridgehead atoms. The van der Waals surface area contributed by atoms with Crippen molar-refractivity contribution in [2.24, 2.45) is 0 Å². The van der Waals surface area contributed by atoms with Crippen LogP contribution in [0.5, 0.6) is 0 Å². The second-order valence-electron chi connectivity index (χ2n) is 2.82. The van der Waals surface area contributed by atoms with Gasteiger partial charge in [-0.25, -0.2) is 0 Å². The molecular weight excluding hydrogens is 116 g/mol. The van der Waals surface area contributed by atoms with E-state index < -0.39 is 0 Å². The Morgan fingerprint density at radius 1 is 1.56 bits per heavy atom. The Morgan fingerprint density at radius 2 is 2.44 bits per heavy atom. The van der Waals surface area contributed by atoms with Gasteiger partial charge in [-0.3, -0.25) is 10.2 Å². The van der Waals surface area contributed by atoms with Gasteiger partial charge in [-0.05, 0) is 12.8 Å². The molecule has 0 spiro atoms. The molecule has 0 aliphatic carbocycles. The van der Waals surface area contributed by atoms with Crippen LogP contribution in [0.1, 0.15) is 12.8 Å². The first-order valence-corrected chi connectivity index (χ1v) is 3.55. The van der Waals surface area contributed by atoms with Crippen molar-refractivity contribution >= 4 is 0 Å². The van der Waals surface area contributed by atoms with Crippen LogP contribution in [0.25, 0.3) is 0 Å². The van der Waals surface area contributed by atoms with Gasteiger partial charge < -0.3 is 5.11 Å². The molecule has 2 saturated heterocycles. The van der Waals surface area contributed by atoms with Crippen LogP contribution in [-0.4, -0.2) is 35.5 Å². The first-order valence-electron chi connectivity index (χ1n) is 3.55. The number of hydrogen-bond acceptors (Lipinski definition) is 3. The van der Waals surface area contributed by atoms with Gasteiger partial charge in [-0.1, -0.05) is 0 Å². The Balaban J connectivity index is 2.07. The van der Waals surface area contributed by atoms with Crippen molar-refractivity contribution < 1.29 is 5.11 Å². The zero-order chi connectivity index (χ0) is 6.27. The second kappa shape index (κ2) is 1.94. The Kier molecular flexibility index (Phi) is 1.22. The molecule has 3 nitrogen and oxygen atoms in total. The van der Waals surface area contributed by atoms with Gasteiger partial charge >= 0.3 is 0 Å². The van der Waals surface area contributed by atoms with E-state index in [-0.39, 0.29) is 6.35 Å². The highest BCUT2D eigenvalue weighted by Gasteiger charge is 2.34. The fraction of sp³-hybridized carbons (Fsp3) is 1.00. The van der Waals surface area contributed by atoms with Crippen molar-refractivity contribution in [1.29, 1.82) is 0 Å². The lowest BCUT2D eigenvalue weighted by Crippen LogP contribution is -2.35. The quantitative estimate of drug-likeness (QED) is 0.454. The topological polar surface area (TPSA) is 35.5 Å². The molecule has 2 atom stereocenters. The SMILES string of the molecule is OC1NCC2CCCN21. The number of fused-ring (bicyclic) bond motifs is 1. The maximum absolute atomic E-state index is 9.21. The van der Waals surface area contributed by atoms with Crippen LogP contribution in [0.3, 0.4) is 0 Å². The highest BCUT2D eigenvalue weighted by Crippen LogP contribution is 2.21. The minimum Gasteiger partial charge on any atom is -0.365 e. The van der Waals surface area contributed by atoms with Crippen LogP contribution in [0.2, 0.25) is 0 Å². The third kappa shape index (κ3) is 0.764. The summed E-state index contributed by atoms with van der Waals surface area (Å²) in [5, 5.41) is 12.2. The minimum absolute atomic E-state index is 0.350. The number of aliphatic hydroxyl groups excluding tert-OH is 1. The van der Waals surface area contributed by atoms with Crippen molar-refractivity contribution in [1.82, 2.24) is 10.2 Å². The van der Waals surface area contributed by atoms with Crippen LogP contribution in [0.4, 0.5) is 0 Å². The van der Waals surface area contributed by atoms with Gasteiger partial charge in [-0.2, -0.15) is 0 Å². The zero-order valence-corrected chi connectivity index (χ0v) is 5.38. The predicted molar refractivity (Wildman–Crippen MR) is 33.7 cm³/mol. The Labute approximate surface area is 54.7 Å². The van der Waals surface area contributed by atoms with E-state index in [1.165, 1.54) is 12.8 Å². The fourth-order valence-corrected chi connectivity index (χ4v) is 1.76. The maximum atomic E-state index is 9.21. The van der Waals surface area contributed by atoms with Crippen molar-refractivity contribution in [2.45, 2.75) is 25.2 Å². The molecule has 0 radical (unpaired) electrons. The average Bonchev–Trinajstić information content (AvgIpc) is 2.35. The monoisotopic (exact) mass is 128 g/mol. The molecular formula is C6H12N2O. The summed E-state index contributed by atoms with van der Waals surface area (Å²) >= 11 is 0. The number of nitrogens with one attached hydrogen (secondary N) is 1. The normalized spacial score (nSPS) is 43.7. The lowest BCUT2D eigenvalue weighted by molar-refractivity contribution is 0.0207. The molecule has 2 aliphatic rings. The molecule has 0 aromatic rings. The van der Waals surface area contributed by atoms with Crippen LogP contribution in [-0.2, 0) is 0 Å². The zero-order valence-electron chi connectivity index (χ0n) is 5.38. The van der Waals surface area contributed by atoms with Gasteiger partial charge in [0.05, 0.1) is 0 Å². The minimum atomic E-state index is -0.350. The molecule has 2 rings (SSSR count). The van der Waals surface area contributed by atoms with Crippen LogP contribution >= 0.6 is 0 Å². The van der Waals surface area contributed by atoms with E-state index in [0.29, 0.717) is 6.04 Å². The molecule has 3 heteroatoms. The van der Waals surface area contributed by atoms with Gasteiger partial charge in [0.1, 0.15) is 0 Å². The van der Waals surface area contributed by atoms with E-state index >= 15 is 0 Å². The first-order chi connectivity index (χ1) is 4.38. The van der Waals surface area contributed by atoms with Gasteiger partial charge in [-0.15, -0.1) is 0 Å². The largest absolute Gasteiger partial charge is 0.365 e. The van der Waals surface area contributed by atoms with E-state index in [0.717, 1.165) is 13.1 Å². The summed E-state index contributed by atoms with van der Waals surface area (Å²) in [5.74, 6) is 0. The van der Waals surface area contributed by atoms with Crippen LogP contribution in [0, 0.1) is 0 Å². The van der Waals surface area contributed by atoms with Gasteiger partial charge in [0, 0.05) is 19.1 Å². The van der Waals surface area contributed by atoms with E-state index in [1.807, 2.05) is 0 Å². The average molecular weight is 128 g/mol. The van der Waals surface area contributed by atoms with Crippen LogP contribution in [0.15, 0.2) is 0 Å². The van der Waals surface area contributed by atoms with Gasteiger partial charge in [0.25, 0.3) is 0 Å². The molecule has 2 N–H and O–H groups in total. The van der Waals surface area contributed by atoms with E-state index in [4.69, 9.17) is 0 Å². The smallest absolute Gasteiger partial charge is 0.163 e. The fourth-order valence-electron chi connectivity index (χ4n) is 1.76. The number of nitrogens with zero attached hydrogens (tertiary/aromatic N) is 1. The van der Waals surface area contributed by atoms with Crippen LogP contribution < -0.4 is 5.32 Å². The van der Waals surface area contributed by atoms with Crippen molar-refractivity contribution in [3.63, 3.8) is 0 Å². The van der Waals surface area contributed by atoms with E-state index in [1.54, 1.807) is 0 Å². The molecule has 0 aromatic carbocycles. The highest BCUT2D eigenvalue weighted by atomic mass is 16.3. The highest BCUT2D eigenvalue weighted by molar-refractivity contribution is 4.87. The van der Waals surface area contributed by atoms with E-state index in [2.05, 4.69) is 10.2 Å². The molecule has 2 fully saturated rings. The summed E-state index contributed by atoms with van der Waals surface area (Å²) in [6.45, 7) is 2.04. The van der Waals surface area contributed by atoms with E-state index in [9.17, 15) is 5.11 Å². The predicted octanol–water partition coefficient (Wildman–Crippen LogP) is -0.670. The molecule has 0 aromatic heterocycles. The number of aliphatic hydroxyl groups is 1.